The van der Waals surface area contributed by atoms with Crippen LogP contribution in [0.1, 0.15) is 30.0 Å². The Kier molecular flexibility index (Phi) is 10.3. The molecule has 1 heterocycles. The van der Waals surface area contributed by atoms with Crippen LogP contribution in [0.2, 0.25) is 0 Å². The highest BCUT2D eigenvalue weighted by Crippen LogP contribution is 2.39. The zero-order valence-corrected chi connectivity index (χ0v) is 20.6. The topological polar surface area (TPSA) is 75.9 Å². The number of alkyl halides is 3. The van der Waals surface area contributed by atoms with Crippen molar-refractivity contribution >= 4 is 40.5 Å². The van der Waals surface area contributed by atoms with Gasteiger partial charge >= 0.3 is 6.36 Å². The van der Waals surface area contributed by atoms with Gasteiger partial charge in [-0.05, 0) is 54.5 Å². The van der Waals surface area contributed by atoms with Crippen molar-refractivity contribution in [3.63, 3.8) is 0 Å². The minimum Gasteiger partial charge on any atom is -0.406 e. The van der Waals surface area contributed by atoms with Gasteiger partial charge in [-0.3, -0.25) is 10.1 Å². The van der Waals surface area contributed by atoms with Gasteiger partial charge in [-0.2, -0.15) is 0 Å². The Hall–Kier alpha value is -1.72. The Morgan fingerprint density at radius 1 is 1.15 bits per heavy atom. The summed E-state index contributed by atoms with van der Waals surface area (Å²) in [4.78, 5) is 0. The van der Waals surface area contributed by atoms with Crippen LogP contribution < -0.4 is 14.9 Å². The van der Waals surface area contributed by atoms with E-state index in [1.165, 1.54) is 25.2 Å². The average molecular weight is 530 g/mol. The van der Waals surface area contributed by atoms with Gasteiger partial charge in [0.1, 0.15) is 5.75 Å². The monoisotopic (exact) mass is 529 g/mol. The van der Waals surface area contributed by atoms with E-state index in [9.17, 15) is 21.6 Å². The van der Waals surface area contributed by atoms with Crippen molar-refractivity contribution in [1.29, 1.82) is 0 Å². The van der Waals surface area contributed by atoms with Crippen molar-refractivity contribution in [1.82, 2.24) is 5.01 Å². The molecule has 1 aliphatic rings. The quantitative estimate of drug-likeness (QED) is 0.549. The van der Waals surface area contributed by atoms with Gasteiger partial charge in [0.2, 0.25) is 10.0 Å². The summed E-state index contributed by atoms with van der Waals surface area (Å²) in [6, 6.07) is 13.3. The van der Waals surface area contributed by atoms with E-state index in [0.29, 0.717) is 6.54 Å². The van der Waals surface area contributed by atoms with Crippen LogP contribution in [-0.2, 0) is 16.4 Å². The maximum Gasteiger partial charge on any atom is 0.573 e. The number of nitrogens with zero attached hydrogens (tertiary/aromatic N) is 2. The molecule has 3 rings (SSSR count). The van der Waals surface area contributed by atoms with E-state index in [1.807, 2.05) is 30.3 Å². The molecule has 0 aliphatic carbocycles. The first kappa shape index (κ1) is 29.3. The lowest BCUT2D eigenvalue weighted by Crippen LogP contribution is -2.44. The van der Waals surface area contributed by atoms with Crippen molar-refractivity contribution in [3.05, 3.63) is 59.7 Å². The third-order valence-electron chi connectivity index (χ3n) is 5.55. The number of anilines is 1. The van der Waals surface area contributed by atoms with Gasteiger partial charge in [-0.1, -0.05) is 30.3 Å². The van der Waals surface area contributed by atoms with Crippen LogP contribution >= 0.6 is 24.8 Å². The first-order valence-electron chi connectivity index (χ1n) is 9.84. The second kappa shape index (κ2) is 11.6. The van der Waals surface area contributed by atoms with Crippen LogP contribution in [0.15, 0.2) is 48.5 Å². The van der Waals surface area contributed by atoms with Crippen molar-refractivity contribution in [2.75, 3.05) is 24.2 Å². The van der Waals surface area contributed by atoms with Crippen molar-refractivity contribution in [2.24, 2.45) is 11.8 Å². The van der Waals surface area contributed by atoms with Crippen LogP contribution in [0.4, 0.5) is 18.9 Å². The maximum absolute atomic E-state index is 13.0. The van der Waals surface area contributed by atoms with Crippen LogP contribution in [0.3, 0.4) is 0 Å². The molecule has 186 valence electrons. The van der Waals surface area contributed by atoms with Crippen LogP contribution in [0.5, 0.6) is 5.75 Å². The molecule has 0 radical (unpaired) electrons. The molecule has 1 aliphatic heterocycles. The summed E-state index contributed by atoms with van der Waals surface area (Å²) in [7, 11) is -2.22. The third-order valence-corrected chi connectivity index (χ3v) is 6.75. The fraction of sp³-hybridized carbons (Fsp3) is 0.429. The number of hydrogen-bond donors (Lipinski definition) is 1. The van der Waals surface area contributed by atoms with Crippen LogP contribution in [0.25, 0.3) is 0 Å². The van der Waals surface area contributed by atoms with E-state index in [4.69, 9.17) is 5.84 Å². The average Bonchev–Trinajstić information content (AvgIpc) is 2.68. The van der Waals surface area contributed by atoms with Gasteiger partial charge < -0.3 is 4.74 Å². The molecule has 12 heteroatoms. The Morgan fingerprint density at radius 2 is 1.79 bits per heavy atom. The molecular formula is C21H28Cl2F3N3O3S. The van der Waals surface area contributed by atoms with Gasteiger partial charge in [0.25, 0.3) is 0 Å². The second-order valence-electron chi connectivity index (χ2n) is 7.77. The summed E-state index contributed by atoms with van der Waals surface area (Å²) in [5.74, 6) is 5.86. The first-order valence-corrected chi connectivity index (χ1v) is 11.7. The Labute approximate surface area is 204 Å². The van der Waals surface area contributed by atoms with Crippen molar-refractivity contribution in [2.45, 2.75) is 31.7 Å². The van der Waals surface area contributed by atoms with Gasteiger partial charge in [0, 0.05) is 13.6 Å². The van der Waals surface area contributed by atoms with Gasteiger partial charge in [-0.25, -0.2) is 13.4 Å². The fourth-order valence-electron chi connectivity index (χ4n) is 4.05. The SMILES string of the molecule is CN(c1ccc(OC(F)(F)F)c(C[C@H]2CCCN(N)[C@H]2c2ccccc2)c1)S(C)(=O)=O.Cl.Cl. The lowest BCUT2D eigenvalue weighted by atomic mass is 9.81. The predicted octanol–water partition coefficient (Wildman–Crippen LogP) is 4.69. The van der Waals surface area contributed by atoms with E-state index in [-0.39, 0.29) is 60.2 Å². The Bertz CT molecular complexity index is 1010. The lowest BCUT2D eigenvalue weighted by Gasteiger charge is -2.39. The number of hydrogen-bond acceptors (Lipinski definition) is 5. The molecule has 33 heavy (non-hydrogen) atoms. The number of rotatable bonds is 6. The maximum atomic E-state index is 13.0. The zero-order valence-electron chi connectivity index (χ0n) is 18.2. The number of nitrogens with two attached hydrogens (primary N) is 1. The van der Waals surface area contributed by atoms with Crippen LogP contribution in [0, 0.1) is 5.92 Å². The van der Waals surface area contributed by atoms with E-state index in [0.717, 1.165) is 29.0 Å². The second-order valence-corrected chi connectivity index (χ2v) is 9.78. The lowest BCUT2D eigenvalue weighted by molar-refractivity contribution is -0.274. The van der Waals surface area contributed by atoms with Crippen LogP contribution in [-0.4, -0.2) is 39.6 Å². The summed E-state index contributed by atoms with van der Waals surface area (Å²) in [5.41, 5.74) is 1.53. The predicted molar refractivity (Wildman–Crippen MR) is 127 cm³/mol. The molecule has 0 bridgehead atoms. The third kappa shape index (κ3) is 7.65. The molecule has 0 spiro atoms. The number of benzene rings is 2. The highest BCUT2D eigenvalue weighted by atomic mass is 35.5. The minimum atomic E-state index is -4.86. The zero-order chi connectivity index (χ0) is 22.8. The van der Waals surface area contributed by atoms with E-state index in [1.54, 1.807) is 5.01 Å². The number of hydrazine groups is 1. The normalized spacial score (nSPS) is 19.2. The fourth-order valence-corrected chi connectivity index (χ4v) is 4.55. The highest BCUT2D eigenvalue weighted by Gasteiger charge is 2.35. The molecule has 1 fully saturated rings. The van der Waals surface area contributed by atoms with E-state index < -0.39 is 16.4 Å². The van der Waals surface area contributed by atoms with Gasteiger partial charge in [-0.15, -0.1) is 38.0 Å². The summed E-state index contributed by atoms with van der Waals surface area (Å²) < 4.78 is 68.1. The number of piperidine rings is 1. The number of sulfonamides is 1. The molecule has 0 saturated carbocycles. The molecule has 2 aromatic rings. The van der Waals surface area contributed by atoms with Gasteiger partial charge in [0.05, 0.1) is 18.0 Å². The highest BCUT2D eigenvalue weighted by molar-refractivity contribution is 7.92. The molecule has 6 nitrogen and oxygen atoms in total. The van der Waals surface area contributed by atoms with Crippen molar-refractivity contribution < 1.29 is 26.3 Å². The Morgan fingerprint density at radius 3 is 2.36 bits per heavy atom. The van der Waals surface area contributed by atoms with E-state index >= 15 is 0 Å². The van der Waals surface area contributed by atoms with Gasteiger partial charge in [0.15, 0.2) is 0 Å². The molecule has 1 saturated heterocycles. The Balaban J connectivity index is 0.00000272. The smallest absolute Gasteiger partial charge is 0.406 e. The molecule has 2 atom stereocenters. The standard InChI is InChI=1S/C21H26F3N3O3S.2ClH/c1-26(31(2,28)29)18-10-11-19(30-21(22,23)24)17(14-18)13-16-9-6-12-27(25)20(16)15-7-4-3-5-8-15;;/h3-5,7-8,10-11,14,16,20H,6,9,12-13,25H2,1-2H3;2*1H/t16-,20+;;/m1../s1. The molecular weight excluding hydrogens is 502 g/mol. The number of halogens is 5. The largest absolute Gasteiger partial charge is 0.573 e. The van der Waals surface area contributed by atoms with E-state index in [2.05, 4.69) is 4.74 Å². The summed E-state index contributed by atoms with van der Waals surface area (Å²) in [5, 5.41) is 1.72. The van der Waals surface area contributed by atoms with Crippen molar-refractivity contribution in [3.8, 4) is 5.75 Å². The molecule has 0 aromatic heterocycles. The minimum absolute atomic E-state index is 0. The molecule has 0 amide bonds. The summed E-state index contributed by atoms with van der Waals surface area (Å²) >= 11 is 0. The molecule has 0 unspecified atom stereocenters. The molecule has 2 aromatic carbocycles. The molecule has 2 N–H and O–H groups in total. The number of ether oxygens (including phenoxy) is 1. The summed E-state index contributed by atoms with van der Waals surface area (Å²) in [6.07, 6.45) is -1.99. The summed E-state index contributed by atoms with van der Waals surface area (Å²) in [6.45, 7) is 0.679. The first-order chi connectivity index (χ1) is 14.5.